The Morgan fingerprint density at radius 1 is 1.28 bits per heavy atom. The van der Waals surface area contributed by atoms with Gasteiger partial charge in [0.05, 0.1) is 11.5 Å². The molecular formula is C18H16FN3O2S. The van der Waals surface area contributed by atoms with Crippen LogP contribution in [0.25, 0.3) is 11.4 Å². The van der Waals surface area contributed by atoms with Crippen molar-refractivity contribution in [3.8, 4) is 11.4 Å². The molecule has 1 saturated heterocycles. The van der Waals surface area contributed by atoms with Crippen LogP contribution in [-0.4, -0.2) is 34.0 Å². The van der Waals surface area contributed by atoms with E-state index in [2.05, 4.69) is 10.1 Å². The van der Waals surface area contributed by atoms with Crippen LogP contribution in [0.3, 0.4) is 0 Å². The van der Waals surface area contributed by atoms with Gasteiger partial charge in [-0.15, -0.1) is 0 Å². The van der Waals surface area contributed by atoms with Gasteiger partial charge < -0.3 is 9.42 Å². The molecule has 1 aliphatic rings. The van der Waals surface area contributed by atoms with E-state index < -0.39 is 0 Å². The molecular weight excluding hydrogens is 341 g/mol. The number of carbonyl (C=O) groups is 1. The molecule has 1 aromatic carbocycles. The average Bonchev–Trinajstić information content (AvgIpc) is 3.34. The van der Waals surface area contributed by atoms with Crippen molar-refractivity contribution in [2.75, 3.05) is 13.1 Å². The Labute approximate surface area is 148 Å². The Morgan fingerprint density at radius 3 is 2.88 bits per heavy atom. The van der Waals surface area contributed by atoms with Gasteiger partial charge in [0, 0.05) is 24.0 Å². The molecule has 1 unspecified atom stereocenters. The summed E-state index contributed by atoms with van der Waals surface area (Å²) in [5.41, 5.74) is 1.43. The molecule has 1 atom stereocenters. The summed E-state index contributed by atoms with van der Waals surface area (Å²) in [4.78, 5) is 18.8. The van der Waals surface area contributed by atoms with Gasteiger partial charge in [-0.1, -0.05) is 5.16 Å². The number of hydrogen-bond donors (Lipinski definition) is 0. The number of aromatic nitrogens is 2. The Kier molecular flexibility index (Phi) is 4.31. The van der Waals surface area contributed by atoms with E-state index in [0.29, 0.717) is 23.8 Å². The van der Waals surface area contributed by atoms with Gasteiger partial charge in [0.15, 0.2) is 0 Å². The first-order chi connectivity index (χ1) is 12.2. The van der Waals surface area contributed by atoms with Gasteiger partial charge in [0.1, 0.15) is 5.82 Å². The molecule has 128 valence electrons. The number of likely N-dealkylation sites (tertiary alicyclic amines) is 1. The minimum Gasteiger partial charge on any atom is -0.339 e. The normalized spacial score (nSPS) is 17.6. The van der Waals surface area contributed by atoms with E-state index >= 15 is 0 Å². The van der Waals surface area contributed by atoms with Crippen molar-refractivity contribution >= 4 is 17.2 Å². The lowest BCUT2D eigenvalue weighted by Gasteiger charge is -2.30. The number of carbonyl (C=O) groups excluding carboxylic acids is 1. The van der Waals surface area contributed by atoms with Gasteiger partial charge in [0.25, 0.3) is 5.91 Å². The molecule has 5 nitrogen and oxygen atoms in total. The second-order valence-corrected chi connectivity index (χ2v) is 6.85. The van der Waals surface area contributed by atoms with E-state index in [9.17, 15) is 9.18 Å². The smallest absolute Gasteiger partial charge is 0.254 e. The largest absolute Gasteiger partial charge is 0.339 e. The van der Waals surface area contributed by atoms with Gasteiger partial charge in [0.2, 0.25) is 11.7 Å². The summed E-state index contributed by atoms with van der Waals surface area (Å²) < 4.78 is 18.4. The van der Waals surface area contributed by atoms with Crippen LogP contribution in [0, 0.1) is 5.82 Å². The van der Waals surface area contributed by atoms with Crippen LogP contribution >= 0.6 is 11.3 Å². The van der Waals surface area contributed by atoms with Gasteiger partial charge in [-0.3, -0.25) is 4.79 Å². The van der Waals surface area contributed by atoms with Gasteiger partial charge in [-0.05, 0) is 48.6 Å². The van der Waals surface area contributed by atoms with Gasteiger partial charge in [-0.2, -0.15) is 16.3 Å². The predicted molar refractivity (Wildman–Crippen MR) is 91.9 cm³/mol. The number of thiophene rings is 1. The molecule has 1 fully saturated rings. The zero-order valence-corrected chi connectivity index (χ0v) is 14.2. The molecule has 25 heavy (non-hydrogen) atoms. The third-order valence-corrected chi connectivity index (χ3v) is 5.05. The van der Waals surface area contributed by atoms with Crippen LogP contribution in [0.15, 0.2) is 45.6 Å². The number of nitrogens with zero attached hydrogens (tertiary/aromatic N) is 3. The van der Waals surface area contributed by atoms with Crippen LogP contribution in [0.1, 0.15) is 35.0 Å². The fourth-order valence-corrected chi connectivity index (χ4v) is 3.68. The molecule has 1 amide bonds. The minimum atomic E-state index is -0.303. The van der Waals surface area contributed by atoms with Crippen molar-refractivity contribution in [1.82, 2.24) is 15.0 Å². The van der Waals surface area contributed by atoms with E-state index in [-0.39, 0.29) is 17.6 Å². The Morgan fingerprint density at radius 2 is 2.12 bits per heavy atom. The summed E-state index contributed by atoms with van der Waals surface area (Å²) in [6.45, 7) is 1.31. The molecule has 0 radical (unpaired) electrons. The Bertz CT molecular complexity index is 861. The molecule has 4 rings (SSSR count). The molecule has 1 aliphatic heterocycles. The third-order valence-electron chi connectivity index (χ3n) is 4.37. The highest BCUT2D eigenvalue weighted by Crippen LogP contribution is 2.28. The second kappa shape index (κ2) is 6.76. The van der Waals surface area contributed by atoms with Gasteiger partial charge >= 0.3 is 0 Å². The average molecular weight is 357 g/mol. The predicted octanol–water partition coefficient (Wildman–Crippen LogP) is 3.96. The van der Waals surface area contributed by atoms with E-state index in [1.165, 1.54) is 23.5 Å². The minimum absolute atomic E-state index is 0.0260. The second-order valence-electron chi connectivity index (χ2n) is 6.07. The topological polar surface area (TPSA) is 59.2 Å². The molecule has 3 aromatic rings. The van der Waals surface area contributed by atoms with Crippen molar-refractivity contribution in [2.24, 2.45) is 0 Å². The van der Waals surface area contributed by atoms with Gasteiger partial charge in [-0.25, -0.2) is 4.39 Å². The van der Waals surface area contributed by atoms with Crippen LogP contribution in [0.2, 0.25) is 0 Å². The van der Waals surface area contributed by atoms with Crippen LogP contribution in [0.4, 0.5) is 4.39 Å². The van der Waals surface area contributed by atoms with Crippen molar-refractivity contribution in [3.63, 3.8) is 0 Å². The summed E-state index contributed by atoms with van der Waals surface area (Å²) in [7, 11) is 0. The Balaban J connectivity index is 1.50. The molecule has 0 saturated carbocycles. The quantitative estimate of drug-likeness (QED) is 0.712. The number of rotatable bonds is 3. The zero-order chi connectivity index (χ0) is 17.2. The van der Waals surface area contributed by atoms with E-state index in [1.54, 1.807) is 12.1 Å². The highest BCUT2D eigenvalue weighted by atomic mass is 32.1. The SMILES string of the molecule is O=C(c1ccsc1)N1CCCC(c2nc(-c3ccc(F)cc3)no2)C1. The molecule has 0 bridgehead atoms. The number of amides is 1. The first-order valence-corrected chi connectivity index (χ1v) is 9.06. The molecule has 2 aromatic heterocycles. The summed E-state index contributed by atoms with van der Waals surface area (Å²) in [5, 5.41) is 7.77. The van der Waals surface area contributed by atoms with Crippen LogP contribution < -0.4 is 0 Å². The maximum atomic E-state index is 13.0. The first-order valence-electron chi connectivity index (χ1n) is 8.12. The van der Waals surface area contributed by atoms with E-state index in [1.807, 2.05) is 21.7 Å². The summed E-state index contributed by atoms with van der Waals surface area (Å²) >= 11 is 1.52. The van der Waals surface area contributed by atoms with Crippen LogP contribution in [-0.2, 0) is 0 Å². The summed E-state index contributed by atoms with van der Waals surface area (Å²) in [6.07, 6.45) is 1.80. The Hall–Kier alpha value is -2.54. The third kappa shape index (κ3) is 3.32. The number of hydrogen-bond acceptors (Lipinski definition) is 5. The van der Waals surface area contributed by atoms with Crippen molar-refractivity contribution < 1.29 is 13.7 Å². The molecule has 7 heteroatoms. The maximum absolute atomic E-state index is 13.0. The molecule has 0 aliphatic carbocycles. The summed E-state index contributed by atoms with van der Waals surface area (Å²) in [6, 6.07) is 7.82. The lowest BCUT2D eigenvalue weighted by Crippen LogP contribution is -2.39. The van der Waals surface area contributed by atoms with E-state index in [4.69, 9.17) is 4.52 Å². The first kappa shape index (κ1) is 16.0. The molecule has 3 heterocycles. The highest BCUT2D eigenvalue weighted by Gasteiger charge is 2.29. The standard InChI is InChI=1S/C18H16FN3O2S/c19-15-5-3-12(4-6-15)16-20-17(24-21-16)13-2-1-8-22(10-13)18(23)14-7-9-25-11-14/h3-7,9,11,13H,1-2,8,10H2. The van der Waals surface area contributed by atoms with Crippen molar-refractivity contribution in [2.45, 2.75) is 18.8 Å². The lowest BCUT2D eigenvalue weighted by atomic mass is 9.97. The fourth-order valence-electron chi connectivity index (χ4n) is 3.05. The summed E-state index contributed by atoms with van der Waals surface area (Å²) in [5.74, 6) is 0.739. The molecule has 0 spiro atoms. The lowest BCUT2D eigenvalue weighted by molar-refractivity contribution is 0.0696. The number of piperidine rings is 1. The monoisotopic (exact) mass is 357 g/mol. The van der Waals surface area contributed by atoms with Crippen molar-refractivity contribution in [3.05, 3.63) is 58.4 Å². The fraction of sp³-hybridized carbons (Fsp3) is 0.278. The maximum Gasteiger partial charge on any atom is 0.254 e. The number of halogens is 1. The molecule has 0 N–H and O–H groups in total. The number of benzene rings is 1. The van der Waals surface area contributed by atoms with E-state index in [0.717, 1.165) is 24.9 Å². The zero-order valence-electron chi connectivity index (χ0n) is 13.4. The van der Waals surface area contributed by atoms with Crippen LogP contribution in [0.5, 0.6) is 0 Å². The van der Waals surface area contributed by atoms with Crippen molar-refractivity contribution in [1.29, 1.82) is 0 Å². The highest BCUT2D eigenvalue weighted by molar-refractivity contribution is 7.08.